The summed E-state index contributed by atoms with van der Waals surface area (Å²) in [7, 11) is 0. The molecule has 0 N–H and O–H groups in total. The normalized spacial score (nSPS) is 12.9. The Balaban J connectivity index is 1.70. The van der Waals surface area contributed by atoms with Crippen molar-refractivity contribution >= 4 is 10.8 Å². The summed E-state index contributed by atoms with van der Waals surface area (Å²) in [6.45, 7) is 6.65. The molecule has 0 spiro atoms. The van der Waals surface area contributed by atoms with E-state index in [0.717, 1.165) is 29.9 Å². The van der Waals surface area contributed by atoms with Crippen molar-refractivity contribution in [3.63, 3.8) is 0 Å². The van der Waals surface area contributed by atoms with E-state index in [2.05, 4.69) is 75.4 Å². The Kier molecular flexibility index (Phi) is 4.01. The van der Waals surface area contributed by atoms with Gasteiger partial charge in [0.15, 0.2) is 5.82 Å². The zero-order valence-electron chi connectivity index (χ0n) is 16.7. The second-order valence-corrected chi connectivity index (χ2v) is 8.17. The van der Waals surface area contributed by atoms with Crippen LogP contribution in [0.3, 0.4) is 0 Å². The summed E-state index contributed by atoms with van der Waals surface area (Å²) in [5.41, 5.74) is 8.79. The third kappa shape index (κ3) is 2.80. The van der Waals surface area contributed by atoms with Gasteiger partial charge < -0.3 is 0 Å². The first-order valence-electron chi connectivity index (χ1n) is 10.1. The van der Waals surface area contributed by atoms with Crippen molar-refractivity contribution < 1.29 is 0 Å². The minimum Gasteiger partial charge on any atom is -0.236 e. The van der Waals surface area contributed by atoms with Crippen molar-refractivity contribution in [1.82, 2.24) is 9.97 Å². The summed E-state index contributed by atoms with van der Waals surface area (Å²) in [5.74, 6) is 1.27. The molecule has 2 nitrogen and oxygen atoms in total. The van der Waals surface area contributed by atoms with E-state index in [-0.39, 0.29) is 0 Å². The lowest BCUT2D eigenvalue weighted by atomic mass is 9.88. The number of nitrogens with zero attached hydrogens (tertiary/aromatic N) is 2. The lowest BCUT2D eigenvalue weighted by Gasteiger charge is -2.20. The largest absolute Gasteiger partial charge is 0.236 e. The van der Waals surface area contributed by atoms with E-state index in [1.165, 1.54) is 38.6 Å². The molecule has 2 heteroatoms. The van der Waals surface area contributed by atoms with Crippen molar-refractivity contribution in [2.75, 3.05) is 0 Å². The molecule has 0 fully saturated rings. The Morgan fingerprint density at radius 3 is 2.57 bits per heavy atom. The van der Waals surface area contributed by atoms with Gasteiger partial charge in [-0.3, -0.25) is 0 Å². The topological polar surface area (TPSA) is 25.8 Å². The Hall–Kier alpha value is -3.00. The fourth-order valence-electron chi connectivity index (χ4n) is 4.34. The second kappa shape index (κ2) is 6.56. The summed E-state index contributed by atoms with van der Waals surface area (Å²) < 4.78 is 0. The lowest BCUT2D eigenvalue weighted by Crippen LogP contribution is -2.08. The molecule has 0 aliphatic heterocycles. The average molecular weight is 364 g/mol. The van der Waals surface area contributed by atoms with Crippen LogP contribution in [0.25, 0.3) is 33.4 Å². The molecule has 1 aromatic heterocycles. The van der Waals surface area contributed by atoms with Crippen LogP contribution in [0.15, 0.2) is 60.8 Å². The van der Waals surface area contributed by atoms with E-state index in [9.17, 15) is 0 Å². The van der Waals surface area contributed by atoms with Crippen molar-refractivity contribution in [3.05, 3.63) is 83.0 Å². The minimum absolute atomic E-state index is 0.450. The molecule has 4 aromatic rings. The SMILES string of the molecule is Cc1ccc2c(c1)CCc1cnc(-c3cc(C(C)C)c4ccccc4c3)nc1-2. The zero-order chi connectivity index (χ0) is 19.3. The first-order chi connectivity index (χ1) is 13.6. The highest BCUT2D eigenvalue weighted by atomic mass is 14.9. The summed E-state index contributed by atoms with van der Waals surface area (Å²) >= 11 is 0. The number of rotatable bonds is 2. The highest BCUT2D eigenvalue weighted by Gasteiger charge is 2.19. The van der Waals surface area contributed by atoms with Crippen LogP contribution in [-0.4, -0.2) is 9.97 Å². The predicted octanol–water partition coefficient (Wildman–Crippen LogP) is 6.49. The van der Waals surface area contributed by atoms with E-state index in [4.69, 9.17) is 9.97 Å². The maximum atomic E-state index is 5.05. The molecule has 0 saturated heterocycles. The predicted molar refractivity (Wildman–Crippen MR) is 117 cm³/mol. The fourth-order valence-corrected chi connectivity index (χ4v) is 4.34. The van der Waals surface area contributed by atoms with Crippen molar-refractivity contribution in [2.45, 2.75) is 39.5 Å². The number of fused-ring (bicyclic) bond motifs is 4. The monoisotopic (exact) mass is 364 g/mol. The van der Waals surface area contributed by atoms with Crippen molar-refractivity contribution in [1.29, 1.82) is 0 Å². The van der Waals surface area contributed by atoms with Gasteiger partial charge in [-0.05, 0) is 65.3 Å². The van der Waals surface area contributed by atoms with Gasteiger partial charge in [-0.15, -0.1) is 0 Å². The van der Waals surface area contributed by atoms with E-state index in [1.807, 2.05) is 6.20 Å². The molecule has 3 aromatic carbocycles. The molecule has 28 heavy (non-hydrogen) atoms. The van der Waals surface area contributed by atoms with Crippen molar-refractivity contribution in [3.8, 4) is 22.6 Å². The molecular weight excluding hydrogens is 340 g/mol. The summed E-state index contributed by atoms with van der Waals surface area (Å²) in [6.07, 6.45) is 4.12. The van der Waals surface area contributed by atoms with Gasteiger partial charge in [0.2, 0.25) is 0 Å². The van der Waals surface area contributed by atoms with Crippen LogP contribution in [0.2, 0.25) is 0 Å². The molecule has 1 heterocycles. The summed E-state index contributed by atoms with van der Waals surface area (Å²) in [5, 5.41) is 2.57. The second-order valence-electron chi connectivity index (χ2n) is 8.17. The molecule has 0 saturated carbocycles. The first kappa shape index (κ1) is 17.1. The number of aromatic nitrogens is 2. The first-order valence-corrected chi connectivity index (χ1v) is 10.1. The van der Waals surface area contributed by atoms with Crippen LogP contribution in [0.1, 0.15) is 42.0 Å². The quantitative estimate of drug-likeness (QED) is 0.406. The van der Waals surface area contributed by atoms with E-state index in [0.29, 0.717) is 5.92 Å². The van der Waals surface area contributed by atoms with Gasteiger partial charge in [0.05, 0.1) is 5.69 Å². The molecule has 1 aliphatic carbocycles. The number of hydrogen-bond acceptors (Lipinski definition) is 2. The molecule has 0 atom stereocenters. The molecule has 138 valence electrons. The van der Waals surface area contributed by atoms with E-state index >= 15 is 0 Å². The van der Waals surface area contributed by atoms with Gasteiger partial charge in [0, 0.05) is 17.3 Å². The van der Waals surface area contributed by atoms with Crippen molar-refractivity contribution in [2.24, 2.45) is 0 Å². The van der Waals surface area contributed by atoms with E-state index in [1.54, 1.807) is 0 Å². The maximum Gasteiger partial charge on any atom is 0.159 e. The molecule has 0 amide bonds. The van der Waals surface area contributed by atoms with Gasteiger partial charge in [0.1, 0.15) is 0 Å². The van der Waals surface area contributed by atoms with E-state index < -0.39 is 0 Å². The average Bonchev–Trinajstić information content (AvgIpc) is 2.72. The fraction of sp³-hybridized carbons (Fsp3) is 0.231. The van der Waals surface area contributed by atoms with Crippen LogP contribution in [-0.2, 0) is 12.8 Å². The van der Waals surface area contributed by atoms with Gasteiger partial charge in [-0.2, -0.15) is 0 Å². The Morgan fingerprint density at radius 1 is 0.893 bits per heavy atom. The smallest absolute Gasteiger partial charge is 0.159 e. The third-order valence-corrected chi connectivity index (χ3v) is 5.82. The molecule has 0 unspecified atom stereocenters. The minimum atomic E-state index is 0.450. The number of aryl methyl sites for hydroxylation is 3. The van der Waals surface area contributed by atoms with Crippen LogP contribution in [0.5, 0.6) is 0 Å². The van der Waals surface area contributed by atoms with Gasteiger partial charge >= 0.3 is 0 Å². The maximum absolute atomic E-state index is 5.05. The Morgan fingerprint density at radius 2 is 1.71 bits per heavy atom. The third-order valence-electron chi connectivity index (χ3n) is 5.82. The highest BCUT2D eigenvalue weighted by molar-refractivity contribution is 5.90. The molecule has 5 rings (SSSR count). The van der Waals surface area contributed by atoms with Gasteiger partial charge in [-0.25, -0.2) is 9.97 Å². The number of benzene rings is 3. The lowest BCUT2D eigenvalue weighted by molar-refractivity contribution is 0.876. The van der Waals surface area contributed by atoms with Gasteiger partial charge in [0.25, 0.3) is 0 Å². The van der Waals surface area contributed by atoms with Crippen LogP contribution in [0.4, 0.5) is 0 Å². The molecule has 1 aliphatic rings. The summed E-state index contributed by atoms with van der Waals surface area (Å²) in [4.78, 5) is 9.80. The molecular formula is C26H24N2. The molecule has 0 bridgehead atoms. The molecule has 0 radical (unpaired) electrons. The Bertz CT molecular complexity index is 1200. The zero-order valence-corrected chi connectivity index (χ0v) is 16.7. The van der Waals surface area contributed by atoms with Crippen LogP contribution in [0, 0.1) is 6.92 Å². The van der Waals surface area contributed by atoms with Crippen LogP contribution < -0.4 is 0 Å². The van der Waals surface area contributed by atoms with Crippen LogP contribution >= 0.6 is 0 Å². The standard InChI is InChI=1S/C26H24N2/c1-16(2)24-14-21(13-18-6-4-5-7-22(18)24)26-27-15-20-10-9-19-12-17(3)8-11-23(19)25(20)28-26/h4-8,11-16H,9-10H2,1-3H3. The highest BCUT2D eigenvalue weighted by Crippen LogP contribution is 2.35. The number of hydrogen-bond donors (Lipinski definition) is 0. The Labute approximate surface area is 166 Å². The van der Waals surface area contributed by atoms with Gasteiger partial charge in [-0.1, -0.05) is 61.9 Å². The summed E-state index contributed by atoms with van der Waals surface area (Å²) in [6, 6.07) is 19.8.